The van der Waals surface area contributed by atoms with Crippen LogP contribution in [0.2, 0.25) is 0 Å². The molecule has 0 aliphatic carbocycles. The molecule has 4 nitrogen and oxygen atoms in total. The predicted octanol–water partition coefficient (Wildman–Crippen LogP) is 14.1. The number of halogens is 3. The Morgan fingerprint density at radius 2 is 1.27 bits per heavy atom. The van der Waals surface area contributed by atoms with Crippen LogP contribution in [-0.2, 0) is 42.2 Å². The van der Waals surface area contributed by atoms with Gasteiger partial charge in [0.25, 0.3) is 0 Å². The summed E-state index contributed by atoms with van der Waals surface area (Å²) in [6.07, 6.45) is 0.409. The maximum atomic E-state index is 13.4. The molecule has 3 aromatic carbocycles. The molecule has 8 heteroatoms. The Morgan fingerprint density at radius 1 is 0.732 bits per heavy atom. The largest absolute Gasteiger partial charge is 0.512 e. The van der Waals surface area contributed by atoms with E-state index >= 15 is 0 Å². The van der Waals surface area contributed by atoms with Crippen LogP contribution in [0.4, 0.5) is 13.2 Å². The quantitative estimate of drug-likeness (QED) is 0.0924. The first-order chi connectivity index (χ1) is 25.3. The Morgan fingerprint density at radius 3 is 1.75 bits per heavy atom. The van der Waals surface area contributed by atoms with Crippen LogP contribution in [0.5, 0.6) is 0 Å². The fourth-order valence-corrected chi connectivity index (χ4v) is 6.38. The zero-order valence-corrected chi connectivity index (χ0v) is 38.5. The second kappa shape index (κ2) is 18.5. The van der Waals surface area contributed by atoms with Crippen molar-refractivity contribution in [1.82, 2.24) is 10.2 Å². The molecule has 56 heavy (non-hydrogen) atoms. The summed E-state index contributed by atoms with van der Waals surface area (Å²) in [5.74, 6) is 0.286. The summed E-state index contributed by atoms with van der Waals surface area (Å²) in [7, 11) is 0. The molecular formula is C48H64F3IrN2O2-. The van der Waals surface area contributed by atoms with E-state index in [2.05, 4.69) is 76.0 Å². The zero-order chi connectivity index (χ0) is 41.8. The minimum Gasteiger partial charge on any atom is -0.512 e. The average Bonchev–Trinajstić information content (AvgIpc) is 3.12. The van der Waals surface area contributed by atoms with Crippen LogP contribution >= 0.6 is 0 Å². The normalized spacial score (nSPS) is 13.2. The van der Waals surface area contributed by atoms with Crippen molar-refractivity contribution in [3.05, 3.63) is 95.4 Å². The van der Waals surface area contributed by atoms with Gasteiger partial charge in [0.2, 0.25) is 0 Å². The monoisotopic (exact) mass is 950 g/mol. The molecule has 0 spiro atoms. The number of aliphatic hydroxyl groups is 1. The number of aliphatic hydroxyl groups excluding tert-OH is 1. The van der Waals surface area contributed by atoms with Crippen LogP contribution in [0.3, 0.4) is 0 Å². The van der Waals surface area contributed by atoms with Gasteiger partial charge in [-0.15, -0.1) is 29.1 Å². The van der Waals surface area contributed by atoms with E-state index in [0.29, 0.717) is 11.3 Å². The third-order valence-corrected chi connectivity index (χ3v) is 11.6. The van der Waals surface area contributed by atoms with Crippen LogP contribution in [-0.4, -0.2) is 27.3 Å². The van der Waals surface area contributed by atoms with Crippen molar-refractivity contribution in [2.75, 3.05) is 0 Å². The van der Waals surface area contributed by atoms with E-state index in [4.69, 9.17) is 0 Å². The molecule has 309 valence electrons. The third kappa shape index (κ3) is 11.4. The van der Waals surface area contributed by atoms with Crippen molar-refractivity contribution < 1.29 is 43.2 Å². The fraction of sp³-hybridized carbons (Fsp3) is 0.521. The van der Waals surface area contributed by atoms with Crippen molar-refractivity contribution in [3.8, 4) is 22.4 Å². The number of benzene rings is 3. The van der Waals surface area contributed by atoms with Gasteiger partial charge in [-0.2, -0.15) is 23.4 Å². The molecule has 0 aliphatic rings. The Balaban J connectivity index is 0.000000511. The number of nitrogens with zero attached hydrogens (tertiary/aromatic N) is 2. The first-order valence-electron chi connectivity index (χ1n) is 19.7. The molecule has 1 radical (unpaired) electrons. The number of aromatic nitrogens is 2. The Kier molecular flexibility index (Phi) is 16.1. The molecule has 0 fully saturated rings. The Labute approximate surface area is 348 Å². The summed E-state index contributed by atoms with van der Waals surface area (Å²) >= 11 is 0. The summed E-state index contributed by atoms with van der Waals surface area (Å²) in [6, 6.07) is 23.3. The van der Waals surface area contributed by atoms with Gasteiger partial charge < -0.3 is 5.11 Å². The standard InChI is InChI=1S/C33H36F3N2.C15H28O2.Ir/c1-30(2,3)27-18-24(17-23-11-9-10-12-25(23)27)28-19-26(29(38-37-28)31(4,5)6)22-15-13-21(14-16-22)20-32(7,8)33(34,35)36;1-7-14(5,8-2)12(16)11-13(17)15(6,9-3)10-4;/h9-16,18-19H,20H2,1-8H3;11,16H,7-10H2,1-6H3;/q-1;;/b;12-11-;. The van der Waals surface area contributed by atoms with Crippen molar-refractivity contribution >= 4 is 16.6 Å². The molecule has 0 saturated heterocycles. The molecule has 1 aromatic heterocycles. The molecule has 0 atom stereocenters. The maximum Gasteiger partial charge on any atom is 0.394 e. The second-order valence-electron chi connectivity index (χ2n) is 18.3. The average molecular weight is 950 g/mol. The molecule has 1 N–H and O–H groups in total. The number of rotatable bonds is 11. The summed E-state index contributed by atoms with van der Waals surface area (Å²) < 4.78 is 40.3. The van der Waals surface area contributed by atoms with Crippen LogP contribution in [0.15, 0.2) is 72.5 Å². The van der Waals surface area contributed by atoms with E-state index in [0.717, 1.165) is 53.5 Å². The molecule has 4 rings (SSSR count). The number of hydrogen-bond donors (Lipinski definition) is 1. The van der Waals surface area contributed by atoms with Crippen molar-refractivity contribution in [1.29, 1.82) is 0 Å². The molecule has 0 bridgehead atoms. The van der Waals surface area contributed by atoms with Gasteiger partial charge in [0, 0.05) is 53.7 Å². The third-order valence-electron chi connectivity index (χ3n) is 11.6. The summed E-state index contributed by atoms with van der Waals surface area (Å²) in [5.41, 5.74) is 3.34. The first-order valence-corrected chi connectivity index (χ1v) is 19.7. The van der Waals surface area contributed by atoms with Crippen molar-refractivity contribution in [3.63, 3.8) is 0 Å². The first kappa shape index (κ1) is 48.8. The van der Waals surface area contributed by atoms with Gasteiger partial charge in [-0.3, -0.25) is 4.79 Å². The molecule has 0 unspecified atom stereocenters. The van der Waals surface area contributed by atoms with Gasteiger partial charge in [0.1, 0.15) is 5.76 Å². The fourth-order valence-electron chi connectivity index (χ4n) is 6.38. The number of fused-ring (bicyclic) bond motifs is 1. The summed E-state index contributed by atoms with van der Waals surface area (Å²) in [6.45, 7) is 27.4. The van der Waals surface area contributed by atoms with Gasteiger partial charge in [-0.05, 0) is 48.6 Å². The van der Waals surface area contributed by atoms with Gasteiger partial charge in [-0.1, -0.05) is 156 Å². The Hall–Kier alpha value is -3.35. The minimum atomic E-state index is -4.27. The van der Waals surface area contributed by atoms with E-state index in [1.54, 1.807) is 12.1 Å². The molecule has 0 saturated carbocycles. The Bertz CT molecular complexity index is 1960. The van der Waals surface area contributed by atoms with Crippen LogP contribution < -0.4 is 0 Å². The van der Waals surface area contributed by atoms with Crippen LogP contribution in [0.1, 0.15) is 139 Å². The second-order valence-corrected chi connectivity index (χ2v) is 18.3. The molecule has 0 aliphatic heterocycles. The van der Waals surface area contributed by atoms with Gasteiger partial charge in [0.05, 0.1) is 11.1 Å². The summed E-state index contributed by atoms with van der Waals surface area (Å²) in [4.78, 5) is 12.2. The SMILES string of the molecule is CC(C)(C)c1nnc(-c2[c-]c3ccccc3c(C(C)(C)C)c2)cc1-c1ccc(CC(C)(C)C(F)(F)F)cc1.CCC(C)(CC)C(=O)/C=C(\O)C(C)(CC)CC.[Ir]. The van der Waals surface area contributed by atoms with E-state index in [1.807, 2.05) is 71.9 Å². The molecule has 1 heterocycles. The number of alkyl halides is 3. The van der Waals surface area contributed by atoms with Crippen LogP contribution in [0.25, 0.3) is 33.2 Å². The number of carbonyl (C=O) groups excluding carboxylic acids is 1. The molecule has 4 aromatic rings. The number of carbonyl (C=O) groups is 1. The smallest absolute Gasteiger partial charge is 0.394 e. The van der Waals surface area contributed by atoms with E-state index in [9.17, 15) is 23.1 Å². The topological polar surface area (TPSA) is 63.1 Å². The number of hydrogen-bond acceptors (Lipinski definition) is 4. The predicted molar refractivity (Wildman–Crippen MR) is 223 cm³/mol. The van der Waals surface area contributed by atoms with Crippen molar-refractivity contribution in [2.24, 2.45) is 16.2 Å². The number of allylic oxidation sites excluding steroid dienone is 2. The zero-order valence-electron chi connectivity index (χ0n) is 36.1. The van der Waals surface area contributed by atoms with Gasteiger partial charge in [-0.25, -0.2) is 0 Å². The molecular weight excluding hydrogens is 886 g/mol. The van der Waals surface area contributed by atoms with Gasteiger partial charge in [0.15, 0.2) is 5.78 Å². The molecule has 0 amide bonds. The van der Waals surface area contributed by atoms with E-state index in [-0.39, 0.29) is 59.7 Å². The van der Waals surface area contributed by atoms with E-state index < -0.39 is 11.6 Å². The van der Waals surface area contributed by atoms with Gasteiger partial charge >= 0.3 is 6.18 Å². The number of ketones is 1. The summed E-state index contributed by atoms with van der Waals surface area (Å²) in [5, 5.41) is 21.6. The van der Waals surface area contributed by atoms with Crippen LogP contribution in [0, 0.1) is 22.3 Å². The maximum absolute atomic E-state index is 13.4. The van der Waals surface area contributed by atoms with E-state index in [1.165, 1.54) is 30.9 Å². The minimum absolute atomic E-state index is 0. The van der Waals surface area contributed by atoms with Crippen molar-refractivity contribution in [2.45, 2.75) is 146 Å².